The zero-order valence-electron chi connectivity index (χ0n) is 21.7. The maximum atomic E-state index is 13.2. The highest BCUT2D eigenvalue weighted by molar-refractivity contribution is 5.88. The molecule has 0 radical (unpaired) electrons. The van der Waals surface area contributed by atoms with Crippen molar-refractivity contribution in [3.63, 3.8) is 0 Å². The van der Waals surface area contributed by atoms with Crippen molar-refractivity contribution in [3.05, 3.63) is 41.3 Å². The Morgan fingerprint density at radius 1 is 1.11 bits per heavy atom. The summed E-state index contributed by atoms with van der Waals surface area (Å²) in [6.07, 6.45) is 2.15. The van der Waals surface area contributed by atoms with Crippen molar-refractivity contribution >= 4 is 22.9 Å². The molecule has 1 aliphatic rings. The van der Waals surface area contributed by atoms with E-state index in [1.807, 2.05) is 32.0 Å². The van der Waals surface area contributed by atoms with E-state index in [1.165, 1.54) is 5.57 Å². The Morgan fingerprint density at radius 3 is 2.54 bits per heavy atom. The number of fused-ring (bicyclic) bond motifs is 1. The van der Waals surface area contributed by atoms with E-state index in [1.54, 1.807) is 27.7 Å². The highest BCUT2D eigenvalue weighted by Crippen LogP contribution is 2.33. The smallest absolute Gasteiger partial charge is 0.309 e. The predicted octanol–water partition coefficient (Wildman–Crippen LogP) is 5.22. The van der Waals surface area contributed by atoms with Gasteiger partial charge in [0.25, 0.3) is 0 Å². The number of rotatable bonds is 1. The van der Waals surface area contributed by atoms with Gasteiger partial charge in [0.2, 0.25) is 0 Å². The second-order valence-electron chi connectivity index (χ2n) is 10.7. The maximum absolute atomic E-state index is 13.2. The molecule has 1 aliphatic heterocycles. The lowest BCUT2D eigenvalue weighted by Gasteiger charge is -2.34. The number of ether oxygens (including phenoxy) is 1. The van der Waals surface area contributed by atoms with Crippen LogP contribution in [0, 0.1) is 24.2 Å². The molecule has 3 rings (SSSR count). The van der Waals surface area contributed by atoms with Crippen LogP contribution in [0.4, 0.5) is 0 Å². The first-order valence-corrected chi connectivity index (χ1v) is 12.5. The number of allylic oxidation sites excluding steroid dienone is 1. The Kier molecular flexibility index (Phi) is 8.54. The molecule has 0 fully saturated rings. The zero-order chi connectivity index (χ0) is 25.9. The number of benzene rings is 1. The number of aryl methyl sites for hydroxylation is 1. The number of hydrogen-bond acceptors (Lipinski definition) is 7. The van der Waals surface area contributed by atoms with Crippen LogP contribution in [0.2, 0.25) is 0 Å². The number of hydrogen-bond donors (Lipinski definition) is 2. The summed E-state index contributed by atoms with van der Waals surface area (Å²) in [5.74, 6) is -0.992. The van der Waals surface area contributed by atoms with E-state index < -0.39 is 35.6 Å². The van der Waals surface area contributed by atoms with Crippen molar-refractivity contribution in [2.24, 2.45) is 17.3 Å². The van der Waals surface area contributed by atoms with Gasteiger partial charge in [-0.15, -0.1) is 0 Å². The summed E-state index contributed by atoms with van der Waals surface area (Å²) in [5, 5.41) is 21.6. The van der Waals surface area contributed by atoms with E-state index in [4.69, 9.17) is 9.15 Å². The molecule has 0 saturated carbocycles. The van der Waals surface area contributed by atoms with Gasteiger partial charge in [-0.2, -0.15) is 0 Å². The van der Waals surface area contributed by atoms with Crippen molar-refractivity contribution < 1.29 is 29.0 Å². The number of carbonyl (C=O) groups is 2. The van der Waals surface area contributed by atoms with E-state index in [9.17, 15) is 19.8 Å². The van der Waals surface area contributed by atoms with Crippen molar-refractivity contribution in [1.29, 1.82) is 0 Å². The number of carbonyl (C=O) groups excluding carboxylic acids is 2. The van der Waals surface area contributed by atoms with Crippen LogP contribution in [0.3, 0.4) is 0 Å². The molecule has 1 unspecified atom stereocenters. The van der Waals surface area contributed by atoms with E-state index in [-0.39, 0.29) is 18.1 Å². The van der Waals surface area contributed by atoms with Crippen molar-refractivity contribution in [1.82, 2.24) is 4.98 Å². The Morgan fingerprint density at radius 2 is 1.83 bits per heavy atom. The zero-order valence-corrected chi connectivity index (χ0v) is 21.7. The van der Waals surface area contributed by atoms with Gasteiger partial charge in [-0.05, 0) is 49.8 Å². The van der Waals surface area contributed by atoms with Crippen molar-refractivity contribution in [3.8, 4) is 0 Å². The normalized spacial score (nSPS) is 31.1. The van der Waals surface area contributed by atoms with Gasteiger partial charge >= 0.3 is 5.97 Å². The molecule has 2 N–H and O–H groups in total. The SMILES string of the molecule is C/C1=C/C[C@@H](c2ccc3oc(C)nc3c2)OC(=O)C[C@H](O)C(C)(C)C(=O)[C@H](C)C(O)[C@@H](C)CCC1. The van der Waals surface area contributed by atoms with Gasteiger partial charge in [0, 0.05) is 19.3 Å². The Labute approximate surface area is 207 Å². The number of aromatic nitrogens is 1. The second kappa shape index (κ2) is 11.0. The molecule has 192 valence electrons. The van der Waals surface area contributed by atoms with Gasteiger partial charge in [-0.3, -0.25) is 9.59 Å². The maximum Gasteiger partial charge on any atom is 0.309 e. The van der Waals surface area contributed by atoms with Crippen LogP contribution in [-0.2, 0) is 14.3 Å². The highest BCUT2D eigenvalue weighted by atomic mass is 16.5. The van der Waals surface area contributed by atoms with Gasteiger partial charge in [0.1, 0.15) is 17.4 Å². The van der Waals surface area contributed by atoms with E-state index >= 15 is 0 Å². The summed E-state index contributed by atoms with van der Waals surface area (Å²) in [5.41, 5.74) is 2.11. The largest absolute Gasteiger partial charge is 0.457 e. The monoisotopic (exact) mass is 485 g/mol. The number of esters is 1. The molecule has 5 atom stereocenters. The Balaban J connectivity index is 1.91. The topological polar surface area (TPSA) is 110 Å². The molecule has 7 heteroatoms. The fourth-order valence-corrected chi connectivity index (χ4v) is 4.81. The van der Waals surface area contributed by atoms with Crippen LogP contribution >= 0.6 is 0 Å². The number of oxazole rings is 1. The molecule has 2 aromatic rings. The number of nitrogens with zero attached hydrogens (tertiary/aromatic N) is 1. The molecular weight excluding hydrogens is 446 g/mol. The molecule has 0 aliphatic carbocycles. The molecule has 0 spiro atoms. The van der Waals surface area contributed by atoms with Crippen LogP contribution < -0.4 is 0 Å². The van der Waals surface area contributed by atoms with E-state index in [0.717, 1.165) is 24.8 Å². The Bertz CT molecular complexity index is 1080. The lowest BCUT2D eigenvalue weighted by molar-refractivity contribution is -0.155. The van der Waals surface area contributed by atoms with E-state index in [2.05, 4.69) is 11.1 Å². The Hall–Kier alpha value is -2.51. The number of ketones is 1. The lowest BCUT2D eigenvalue weighted by Crippen LogP contribution is -2.45. The summed E-state index contributed by atoms with van der Waals surface area (Å²) >= 11 is 0. The van der Waals surface area contributed by atoms with Crippen LogP contribution in [0.1, 0.15) is 84.3 Å². The molecule has 0 amide bonds. The first kappa shape index (κ1) is 27.1. The highest BCUT2D eigenvalue weighted by Gasteiger charge is 2.42. The minimum atomic E-state index is -1.24. The average Bonchev–Trinajstić information content (AvgIpc) is 3.18. The van der Waals surface area contributed by atoms with Crippen LogP contribution in [0.5, 0.6) is 0 Å². The molecule has 35 heavy (non-hydrogen) atoms. The van der Waals surface area contributed by atoms with Crippen LogP contribution in [0.25, 0.3) is 11.1 Å². The fourth-order valence-electron chi connectivity index (χ4n) is 4.81. The minimum absolute atomic E-state index is 0.0574. The summed E-state index contributed by atoms with van der Waals surface area (Å²) in [6, 6.07) is 5.54. The molecule has 1 aromatic carbocycles. The minimum Gasteiger partial charge on any atom is -0.457 e. The third-order valence-corrected chi connectivity index (χ3v) is 7.41. The van der Waals surface area contributed by atoms with E-state index in [0.29, 0.717) is 23.4 Å². The molecule has 7 nitrogen and oxygen atoms in total. The van der Waals surface area contributed by atoms with Gasteiger partial charge in [0.05, 0.1) is 24.0 Å². The van der Waals surface area contributed by atoms with Gasteiger partial charge < -0.3 is 19.4 Å². The van der Waals surface area contributed by atoms with Gasteiger partial charge in [-0.25, -0.2) is 4.98 Å². The molecule has 1 aromatic heterocycles. The molecule has 0 saturated heterocycles. The summed E-state index contributed by atoms with van der Waals surface area (Å²) in [6.45, 7) is 10.7. The summed E-state index contributed by atoms with van der Waals surface area (Å²) in [7, 11) is 0. The summed E-state index contributed by atoms with van der Waals surface area (Å²) < 4.78 is 11.4. The number of aliphatic hydroxyl groups excluding tert-OH is 2. The quantitative estimate of drug-likeness (QED) is 0.421. The molecule has 0 bridgehead atoms. The first-order chi connectivity index (χ1) is 16.4. The van der Waals surface area contributed by atoms with Gasteiger partial charge in [-0.1, -0.05) is 45.4 Å². The fraction of sp³-hybridized carbons (Fsp3) is 0.607. The lowest BCUT2D eigenvalue weighted by atomic mass is 9.73. The molecule has 2 heterocycles. The third-order valence-electron chi connectivity index (χ3n) is 7.41. The third kappa shape index (κ3) is 6.39. The molecular formula is C28H39NO6. The van der Waals surface area contributed by atoms with Gasteiger partial charge in [0.15, 0.2) is 11.5 Å². The van der Waals surface area contributed by atoms with Crippen LogP contribution in [0.15, 0.2) is 34.3 Å². The first-order valence-electron chi connectivity index (χ1n) is 12.5. The predicted molar refractivity (Wildman–Crippen MR) is 134 cm³/mol. The van der Waals surface area contributed by atoms with Crippen LogP contribution in [-0.4, -0.2) is 39.2 Å². The number of Topliss-reactive ketones (excluding diaryl/α,β-unsaturated/α-hetero) is 1. The number of cyclic esters (lactones) is 1. The van der Waals surface area contributed by atoms with Crippen molar-refractivity contribution in [2.45, 2.75) is 92.0 Å². The van der Waals surface area contributed by atoms with Crippen molar-refractivity contribution in [2.75, 3.05) is 0 Å². The standard InChI is InChI=1S/C28H39NO6/c1-16-8-7-9-17(2)26(32)18(3)27(33)28(5,6)24(30)15-25(31)35-22(12-10-16)20-11-13-23-21(14-20)29-19(4)34-23/h10-11,13-14,17-18,22,24,26,30,32H,7-9,12,15H2,1-6H3/b16-10-/t17-,18+,22-,24-,26?/m0/s1. The second-order valence-corrected chi connectivity index (χ2v) is 10.7. The average molecular weight is 486 g/mol. The summed E-state index contributed by atoms with van der Waals surface area (Å²) in [4.78, 5) is 30.5. The number of aliphatic hydroxyl groups is 2.